The first-order valence-corrected chi connectivity index (χ1v) is 6.25. The number of fused-ring (bicyclic) bond motifs is 1. The van der Waals surface area contributed by atoms with Crippen LogP contribution in [0.1, 0.15) is 26.7 Å². The van der Waals surface area contributed by atoms with E-state index in [9.17, 15) is 0 Å². The van der Waals surface area contributed by atoms with Crippen molar-refractivity contribution in [3.8, 4) is 0 Å². The Kier molecular flexibility index (Phi) is 11.3. The minimum Gasteiger partial charge on any atom is -0.379 e. The van der Waals surface area contributed by atoms with Gasteiger partial charge in [-0.2, -0.15) is 12.1 Å². The van der Waals surface area contributed by atoms with E-state index in [1.165, 1.54) is 29.3 Å². The Labute approximate surface area is 138 Å². The molecule has 0 heterocycles. The van der Waals surface area contributed by atoms with Crippen LogP contribution in [0.15, 0.2) is 36.4 Å². The van der Waals surface area contributed by atoms with E-state index in [4.69, 9.17) is 0 Å². The third kappa shape index (κ3) is 5.18. The molecule has 0 saturated carbocycles. The zero-order valence-corrected chi connectivity index (χ0v) is 15.2. The fourth-order valence-corrected chi connectivity index (χ4v) is 2.22. The third-order valence-corrected chi connectivity index (χ3v) is 2.97. The molecule has 2 aromatic rings. The molecule has 103 valence electrons. The van der Waals surface area contributed by atoms with Gasteiger partial charge < -0.3 is 19.8 Å². The first-order chi connectivity index (χ1) is 7.85. The number of benzene rings is 1. The van der Waals surface area contributed by atoms with Crippen molar-refractivity contribution in [2.75, 3.05) is 18.0 Å². The molecule has 0 aliphatic rings. The standard InChI is InChI=1S/C15H20N.2CH3.Zr/c1-3-10-16(11-4-2)15-9-8-13-6-5-7-14(13)12-15;;;/h5-9,12H,3-4,10-11H2,1-2H3;2*1H3;/q3*-1;+3. The van der Waals surface area contributed by atoms with Gasteiger partial charge in [0.1, 0.15) is 0 Å². The van der Waals surface area contributed by atoms with Crippen molar-refractivity contribution in [3.05, 3.63) is 51.3 Å². The molecule has 0 unspecified atom stereocenters. The van der Waals surface area contributed by atoms with E-state index in [-0.39, 0.29) is 41.1 Å². The molecule has 0 aromatic heterocycles. The molecule has 1 radical (unpaired) electrons. The molecule has 0 fully saturated rings. The third-order valence-electron chi connectivity index (χ3n) is 2.97. The van der Waals surface area contributed by atoms with E-state index in [1.807, 2.05) is 0 Å². The molecule has 0 atom stereocenters. The topological polar surface area (TPSA) is 3.24 Å². The van der Waals surface area contributed by atoms with Crippen LogP contribution < -0.4 is 4.90 Å². The maximum absolute atomic E-state index is 2.48. The molecule has 0 saturated heterocycles. The molecular formula is C17H26NZr. The van der Waals surface area contributed by atoms with Crippen LogP contribution in [-0.2, 0) is 26.2 Å². The SMILES string of the molecule is CCCN(CCC)c1ccc2cc[cH-]c2c1.[CH3-].[CH3-].[Zr+3]. The fraction of sp³-hybridized carbons (Fsp3) is 0.353. The molecule has 0 bridgehead atoms. The van der Waals surface area contributed by atoms with E-state index >= 15 is 0 Å². The van der Waals surface area contributed by atoms with Crippen molar-refractivity contribution in [2.24, 2.45) is 0 Å². The van der Waals surface area contributed by atoms with Crippen LogP contribution in [0.25, 0.3) is 10.8 Å². The van der Waals surface area contributed by atoms with Crippen molar-refractivity contribution in [1.29, 1.82) is 0 Å². The quantitative estimate of drug-likeness (QED) is 0.688. The summed E-state index contributed by atoms with van der Waals surface area (Å²) in [4.78, 5) is 2.48. The summed E-state index contributed by atoms with van der Waals surface area (Å²) in [5.41, 5.74) is 1.36. The fourth-order valence-electron chi connectivity index (χ4n) is 2.22. The normalized spacial score (nSPS) is 9.16. The van der Waals surface area contributed by atoms with Gasteiger partial charge in [0.2, 0.25) is 0 Å². The first kappa shape index (κ1) is 20.8. The molecule has 2 heteroatoms. The molecule has 19 heavy (non-hydrogen) atoms. The number of hydrogen-bond acceptors (Lipinski definition) is 1. The molecule has 0 aliphatic carbocycles. The summed E-state index contributed by atoms with van der Waals surface area (Å²) in [7, 11) is 0. The number of hydrogen-bond donors (Lipinski definition) is 0. The molecule has 2 aromatic carbocycles. The van der Waals surface area contributed by atoms with Gasteiger partial charge in [-0.1, -0.05) is 19.9 Å². The van der Waals surface area contributed by atoms with E-state index < -0.39 is 0 Å². The second kappa shape index (κ2) is 10.3. The summed E-state index contributed by atoms with van der Waals surface area (Å²) in [5, 5.41) is 2.70. The van der Waals surface area contributed by atoms with E-state index in [0.29, 0.717) is 0 Å². The summed E-state index contributed by atoms with van der Waals surface area (Å²) < 4.78 is 0. The Morgan fingerprint density at radius 3 is 2.21 bits per heavy atom. The van der Waals surface area contributed by atoms with Gasteiger partial charge in [-0.3, -0.25) is 0 Å². The van der Waals surface area contributed by atoms with Crippen LogP contribution in [0.3, 0.4) is 0 Å². The predicted octanol–water partition coefficient (Wildman–Crippen LogP) is 5.08. The van der Waals surface area contributed by atoms with Gasteiger partial charge in [0, 0.05) is 13.1 Å². The average molecular weight is 336 g/mol. The van der Waals surface area contributed by atoms with Crippen LogP contribution in [0.4, 0.5) is 5.69 Å². The molecule has 0 spiro atoms. The van der Waals surface area contributed by atoms with Gasteiger partial charge in [0.05, 0.1) is 0 Å². The second-order valence-electron chi connectivity index (χ2n) is 4.33. The Morgan fingerprint density at radius 2 is 1.63 bits per heavy atom. The van der Waals surface area contributed by atoms with Crippen molar-refractivity contribution in [2.45, 2.75) is 26.7 Å². The Morgan fingerprint density at radius 1 is 1.00 bits per heavy atom. The van der Waals surface area contributed by atoms with E-state index in [1.54, 1.807) is 0 Å². The Bertz CT molecular complexity index is 441. The van der Waals surface area contributed by atoms with Gasteiger partial charge in [-0.15, -0.1) is 29.0 Å². The zero-order chi connectivity index (χ0) is 11.4. The zero-order valence-electron chi connectivity index (χ0n) is 12.7. The van der Waals surface area contributed by atoms with Gasteiger partial charge >= 0.3 is 26.2 Å². The Hall–Kier alpha value is -0.487. The second-order valence-corrected chi connectivity index (χ2v) is 4.33. The first-order valence-electron chi connectivity index (χ1n) is 6.25. The van der Waals surface area contributed by atoms with Crippen LogP contribution >= 0.6 is 0 Å². The average Bonchev–Trinajstić information content (AvgIpc) is 2.75. The largest absolute Gasteiger partial charge is 3.00 e. The molecule has 0 aliphatic heterocycles. The van der Waals surface area contributed by atoms with Crippen molar-refractivity contribution in [1.82, 2.24) is 0 Å². The molecule has 1 nitrogen and oxygen atoms in total. The van der Waals surface area contributed by atoms with Crippen molar-refractivity contribution in [3.63, 3.8) is 0 Å². The minimum atomic E-state index is 0. The van der Waals surface area contributed by atoms with Gasteiger partial charge in [-0.25, -0.2) is 0 Å². The van der Waals surface area contributed by atoms with Gasteiger partial charge in [-0.05, 0) is 18.5 Å². The van der Waals surface area contributed by atoms with Crippen molar-refractivity contribution >= 4 is 16.5 Å². The van der Waals surface area contributed by atoms with E-state index in [0.717, 1.165) is 13.1 Å². The summed E-state index contributed by atoms with van der Waals surface area (Å²) in [6.07, 6.45) is 2.41. The molecule has 2 rings (SSSR count). The van der Waals surface area contributed by atoms with Gasteiger partial charge in [0.15, 0.2) is 0 Å². The summed E-state index contributed by atoms with van der Waals surface area (Å²) in [6.45, 7) is 6.79. The summed E-state index contributed by atoms with van der Waals surface area (Å²) in [6, 6.07) is 13.3. The van der Waals surface area contributed by atoms with Crippen LogP contribution in [0.2, 0.25) is 0 Å². The number of rotatable bonds is 5. The number of nitrogens with zero attached hydrogens (tertiary/aromatic N) is 1. The summed E-state index contributed by atoms with van der Waals surface area (Å²) >= 11 is 0. The monoisotopic (exact) mass is 334 g/mol. The molecular weight excluding hydrogens is 309 g/mol. The number of anilines is 1. The van der Waals surface area contributed by atoms with Crippen LogP contribution in [-0.4, -0.2) is 13.1 Å². The molecule has 0 amide bonds. The summed E-state index contributed by atoms with van der Waals surface area (Å²) in [5.74, 6) is 0. The van der Waals surface area contributed by atoms with Crippen LogP contribution in [0.5, 0.6) is 0 Å². The smallest absolute Gasteiger partial charge is 0.379 e. The van der Waals surface area contributed by atoms with Crippen molar-refractivity contribution < 1.29 is 26.2 Å². The maximum Gasteiger partial charge on any atom is 3.00 e. The minimum absolute atomic E-state index is 0. The maximum atomic E-state index is 2.48. The van der Waals surface area contributed by atoms with Crippen LogP contribution in [0, 0.1) is 14.9 Å². The van der Waals surface area contributed by atoms with Gasteiger partial charge in [0.25, 0.3) is 0 Å². The van der Waals surface area contributed by atoms with E-state index in [2.05, 4.69) is 55.1 Å². The predicted molar refractivity (Wildman–Crippen MR) is 85.2 cm³/mol. The molecule has 0 N–H and O–H groups in total. The Balaban J connectivity index is 0.